The quantitative estimate of drug-likeness (QED) is 0.805. The molecule has 1 aromatic rings. The van der Waals surface area contributed by atoms with Crippen LogP contribution >= 0.6 is 39.9 Å². The van der Waals surface area contributed by atoms with Crippen molar-refractivity contribution in [3.63, 3.8) is 0 Å². The highest BCUT2D eigenvalue weighted by atomic mass is 79.9. The molecule has 1 saturated heterocycles. The van der Waals surface area contributed by atoms with Crippen molar-refractivity contribution in [3.05, 3.63) is 33.3 Å². The zero-order valence-electron chi connectivity index (χ0n) is 11.5. The summed E-state index contributed by atoms with van der Waals surface area (Å²) in [4.78, 5) is 14.4. The topological polar surface area (TPSA) is 46.3 Å². The van der Waals surface area contributed by atoms with Gasteiger partial charge in [-0.1, -0.05) is 41.4 Å². The molecule has 1 aliphatic rings. The third-order valence-electron chi connectivity index (χ3n) is 3.76. The second-order valence-electron chi connectivity index (χ2n) is 5.73. The molecule has 1 atom stereocenters. The number of nitrogens with zero attached hydrogens (tertiary/aromatic N) is 1. The molecule has 6 heteroatoms. The maximum atomic E-state index is 12.5. The SMILES string of the molecule is CC1(C)CN(C(=O)c2ccc(Br)cc2Cl)CCC1N.Cl. The highest BCUT2D eigenvalue weighted by molar-refractivity contribution is 9.10. The van der Waals surface area contributed by atoms with Crippen LogP contribution in [0.25, 0.3) is 0 Å². The first kappa shape index (κ1) is 17.8. The van der Waals surface area contributed by atoms with Crippen LogP contribution in [0.2, 0.25) is 5.02 Å². The highest BCUT2D eigenvalue weighted by Gasteiger charge is 2.35. The molecular formula is C14H19BrCl2N2O. The van der Waals surface area contributed by atoms with E-state index in [0.29, 0.717) is 23.7 Å². The van der Waals surface area contributed by atoms with E-state index in [1.54, 1.807) is 12.1 Å². The van der Waals surface area contributed by atoms with E-state index >= 15 is 0 Å². The van der Waals surface area contributed by atoms with Crippen LogP contribution in [0.1, 0.15) is 30.6 Å². The number of carbonyl (C=O) groups is 1. The fraction of sp³-hybridized carbons (Fsp3) is 0.500. The third-order valence-corrected chi connectivity index (χ3v) is 4.57. The molecule has 2 rings (SSSR count). The van der Waals surface area contributed by atoms with Gasteiger partial charge >= 0.3 is 0 Å². The Morgan fingerprint density at radius 1 is 1.50 bits per heavy atom. The molecule has 112 valence electrons. The molecule has 3 nitrogen and oxygen atoms in total. The monoisotopic (exact) mass is 380 g/mol. The first-order valence-electron chi connectivity index (χ1n) is 6.31. The van der Waals surface area contributed by atoms with Crippen LogP contribution in [0.15, 0.2) is 22.7 Å². The Balaban J connectivity index is 0.00000200. The molecule has 1 fully saturated rings. The Morgan fingerprint density at radius 2 is 2.15 bits per heavy atom. The van der Waals surface area contributed by atoms with Gasteiger partial charge in [0.05, 0.1) is 10.6 Å². The third kappa shape index (κ3) is 3.67. The molecule has 1 unspecified atom stereocenters. The number of nitrogens with two attached hydrogens (primary N) is 1. The van der Waals surface area contributed by atoms with E-state index in [0.717, 1.165) is 10.9 Å². The average Bonchev–Trinajstić information content (AvgIpc) is 2.32. The van der Waals surface area contributed by atoms with Gasteiger partial charge in [-0.3, -0.25) is 4.79 Å². The smallest absolute Gasteiger partial charge is 0.255 e. The van der Waals surface area contributed by atoms with Crippen molar-refractivity contribution in [1.29, 1.82) is 0 Å². The second kappa shape index (κ2) is 6.65. The van der Waals surface area contributed by atoms with Gasteiger partial charge in [0.25, 0.3) is 5.91 Å². The fourth-order valence-electron chi connectivity index (χ4n) is 2.38. The molecule has 1 aliphatic heterocycles. The van der Waals surface area contributed by atoms with Crippen molar-refractivity contribution in [2.45, 2.75) is 26.3 Å². The number of halogens is 3. The van der Waals surface area contributed by atoms with Gasteiger partial charge in [-0.05, 0) is 30.0 Å². The molecule has 1 heterocycles. The summed E-state index contributed by atoms with van der Waals surface area (Å²) in [5.41, 5.74) is 6.59. The summed E-state index contributed by atoms with van der Waals surface area (Å²) in [6, 6.07) is 5.48. The first-order chi connectivity index (χ1) is 8.81. The van der Waals surface area contributed by atoms with Crippen molar-refractivity contribution in [3.8, 4) is 0 Å². The molecule has 1 amide bonds. The van der Waals surface area contributed by atoms with Gasteiger partial charge in [-0.2, -0.15) is 0 Å². The minimum Gasteiger partial charge on any atom is -0.338 e. The molecule has 0 bridgehead atoms. The maximum absolute atomic E-state index is 12.5. The van der Waals surface area contributed by atoms with Gasteiger partial charge in [-0.25, -0.2) is 0 Å². The molecule has 20 heavy (non-hydrogen) atoms. The minimum atomic E-state index is -0.0598. The van der Waals surface area contributed by atoms with Crippen molar-refractivity contribution < 1.29 is 4.79 Å². The zero-order valence-corrected chi connectivity index (χ0v) is 14.7. The van der Waals surface area contributed by atoms with E-state index in [1.807, 2.05) is 11.0 Å². The Kier molecular flexibility index (Phi) is 5.90. The summed E-state index contributed by atoms with van der Waals surface area (Å²) in [5, 5.41) is 0.479. The van der Waals surface area contributed by atoms with Crippen molar-refractivity contribution >= 4 is 45.8 Å². The summed E-state index contributed by atoms with van der Waals surface area (Å²) in [6.07, 6.45) is 0.826. The van der Waals surface area contributed by atoms with Crippen molar-refractivity contribution in [2.75, 3.05) is 13.1 Å². The van der Waals surface area contributed by atoms with E-state index in [1.165, 1.54) is 0 Å². The largest absolute Gasteiger partial charge is 0.338 e. The summed E-state index contributed by atoms with van der Waals surface area (Å²) in [5.74, 6) is -0.0162. The number of carbonyl (C=O) groups excluding carboxylic acids is 1. The predicted octanol–water partition coefficient (Wildman–Crippen LogP) is 3.72. The average molecular weight is 382 g/mol. The van der Waals surface area contributed by atoms with E-state index in [-0.39, 0.29) is 29.8 Å². The van der Waals surface area contributed by atoms with E-state index in [9.17, 15) is 4.79 Å². The van der Waals surface area contributed by atoms with Gasteiger partial charge in [0.2, 0.25) is 0 Å². The van der Waals surface area contributed by atoms with E-state index in [4.69, 9.17) is 17.3 Å². The molecule has 1 aromatic carbocycles. The van der Waals surface area contributed by atoms with Crippen molar-refractivity contribution in [2.24, 2.45) is 11.1 Å². The van der Waals surface area contributed by atoms with Crippen LogP contribution in [-0.4, -0.2) is 29.9 Å². The molecule has 0 spiro atoms. The lowest BCUT2D eigenvalue weighted by atomic mass is 9.79. The number of rotatable bonds is 1. The second-order valence-corrected chi connectivity index (χ2v) is 7.06. The van der Waals surface area contributed by atoms with Gasteiger partial charge in [-0.15, -0.1) is 12.4 Å². The lowest BCUT2D eigenvalue weighted by Crippen LogP contribution is -2.54. The van der Waals surface area contributed by atoms with Gasteiger partial charge < -0.3 is 10.6 Å². The molecule has 2 N–H and O–H groups in total. The molecule has 0 radical (unpaired) electrons. The van der Waals surface area contributed by atoms with Gasteiger partial charge in [0, 0.05) is 23.6 Å². The Hall–Kier alpha value is -0.290. The normalized spacial score (nSPS) is 21.2. The number of amides is 1. The van der Waals surface area contributed by atoms with Gasteiger partial charge in [0.1, 0.15) is 0 Å². The van der Waals surface area contributed by atoms with Crippen LogP contribution < -0.4 is 5.73 Å². The number of piperidine rings is 1. The standard InChI is InChI=1S/C14H18BrClN2O.ClH/c1-14(2)8-18(6-5-12(14)17)13(19)10-4-3-9(15)7-11(10)16;/h3-4,7,12H,5-6,8,17H2,1-2H3;1H. The van der Waals surface area contributed by atoms with Crippen LogP contribution in [0.4, 0.5) is 0 Å². The minimum absolute atomic E-state index is 0. The summed E-state index contributed by atoms with van der Waals surface area (Å²) in [6.45, 7) is 5.55. The lowest BCUT2D eigenvalue weighted by molar-refractivity contribution is 0.0533. The number of hydrogen-bond acceptors (Lipinski definition) is 2. The molecule has 0 saturated carbocycles. The van der Waals surface area contributed by atoms with Gasteiger partial charge in [0.15, 0.2) is 0 Å². The zero-order chi connectivity index (χ0) is 14.2. The van der Waals surface area contributed by atoms with E-state index < -0.39 is 0 Å². The molecule has 0 aromatic heterocycles. The molecule has 0 aliphatic carbocycles. The predicted molar refractivity (Wildman–Crippen MR) is 88.7 cm³/mol. The first-order valence-corrected chi connectivity index (χ1v) is 7.48. The van der Waals surface area contributed by atoms with Crippen molar-refractivity contribution in [1.82, 2.24) is 4.90 Å². The summed E-state index contributed by atoms with van der Waals surface area (Å²) in [7, 11) is 0. The number of likely N-dealkylation sites (tertiary alicyclic amines) is 1. The summed E-state index contributed by atoms with van der Waals surface area (Å²) < 4.78 is 0.870. The van der Waals surface area contributed by atoms with E-state index in [2.05, 4.69) is 29.8 Å². The maximum Gasteiger partial charge on any atom is 0.255 e. The number of benzene rings is 1. The lowest BCUT2D eigenvalue weighted by Gasteiger charge is -2.42. The Labute approximate surface area is 139 Å². The highest BCUT2D eigenvalue weighted by Crippen LogP contribution is 2.30. The molecular weight excluding hydrogens is 363 g/mol. The fourth-order valence-corrected chi connectivity index (χ4v) is 3.13. The summed E-state index contributed by atoms with van der Waals surface area (Å²) >= 11 is 9.48. The van der Waals surface area contributed by atoms with Crippen LogP contribution in [0.5, 0.6) is 0 Å². The number of hydrogen-bond donors (Lipinski definition) is 1. The van der Waals surface area contributed by atoms with Crippen LogP contribution in [-0.2, 0) is 0 Å². The van der Waals surface area contributed by atoms with Crippen LogP contribution in [0, 0.1) is 5.41 Å². The Morgan fingerprint density at radius 3 is 2.70 bits per heavy atom. The Bertz CT molecular complexity index is 508. The van der Waals surface area contributed by atoms with Crippen LogP contribution in [0.3, 0.4) is 0 Å².